The molecule has 1 aliphatic heterocycles. The third-order valence-corrected chi connectivity index (χ3v) is 6.04. The van der Waals surface area contributed by atoms with Gasteiger partial charge in [0.25, 0.3) is 0 Å². The Labute approximate surface area is 155 Å². The van der Waals surface area contributed by atoms with Gasteiger partial charge >= 0.3 is 0 Å². The molecule has 3 rings (SSSR count). The van der Waals surface area contributed by atoms with Crippen LogP contribution in [0.1, 0.15) is 10.8 Å². The lowest BCUT2D eigenvalue weighted by molar-refractivity contribution is -0.134. The number of morpholine rings is 1. The molecule has 1 aliphatic rings. The minimum absolute atomic E-state index is 0.0606. The minimum Gasteiger partial charge on any atom is -0.378 e. The Morgan fingerprint density at radius 3 is 2.25 bits per heavy atom. The van der Waals surface area contributed by atoms with Crippen LogP contribution in [-0.4, -0.2) is 37.1 Å². The van der Waals surface area contributed by atoms with Gasteiger partial charge in [-0.05, 0) is 17.7 Å². The van der Waals surface area contributed by atoms with Crippen LogP contribution >= 0.6 is 35.0 Å². The summed E-state index contributed by atoms with van der Waals surface area (Å²) >= 11 is 14.0. The Kier molecular flexibility index (Phi) is 6.06. The standard InChI is InChI=1S/C18H17Cl2NO2S/c19-14-7-4-8-15(20)17(14)24-16(13-5-2-1-3-6-13)18(22)21-9-11-23-12-10-21/h1-8,16H,9-12H2/t16-/m0/s1. The number of hydrogen-bond donors (Lipinski definition) is 0. The lowest BCUT2D eigenvalue weighted by atomic mass is 10.1. The summed E-state index contributed by atoms with van der Waals surface area (Å²) in [7, 11) is 0. The number of carbonyl (C=O) groups is 1. The van der Waals surface area contributed by atoms with Gasteiger partial charge in [0.2, 0.25) is 5.91 Å². The summed E-state index contributed by atoms with van der Waals surface area (Å²) in [6, 6.07) is 15.1. The monoisotopic (exact) mass is 381 g/mol. The second-order valence-electron chi connectivity index (χ2n) is 5.40. The maximum absolute atomic E-state index is 13.1. The second-order valence-corrected chi connectivity index (χ2v) is 7.33. The number of halogens is 2. The Bertz CT molecular complexity index is 685. The first kappa shape index (κ1) is 17.6. The first-order valence-electron chi connectivity index (χ1n) is 7.69. The normalized spacial score (nSPS) is 16.0. The van der Waals surface area contributed by atoms with E-state index in [2.05, 4.69) is 0 Å². The molecule has 0 unspecified atom stereocenters. The van der Waals surface area contributed by atoms with E-state index in [0.29, 0.717) is 36.3 Å². The summed E-state index contributed by atoms with van der Waals surface area (Å²) in [6.45, 7) is 2.37. The summed E-state index contributed by atoms with van der Waals surface area (Å²) < 4.78 is 5.35. The van der Waals surface area contributed by atoms with E-state index in [4.69, 9.17) is 27.9 Å². The van der Waals surface area contributed by atoms with Crippen molar-refractivity contribution in [3.63, 3.8) is 0 Å². The van der Waals surface area contributed by atoms with Crippen LogP contribution in [0, 0.1) is 0 Å². The SMILES string of the molecule is O=C([C@@H](Sc1c(Cl)cccc1Cl)c1ccccc1)N1CCOCC1. The Hall–Kier alpha value is -1.20. The third-order valence-electron chi connectivity index (χ3n) is 3.80. The third kappa shape index (κ3) is 4.06. The van der Waals surface area contributed by atoms with Crippen LogP contribution in [0.4, 0.5) is 0 Å². The van der Waals surface area contributed by atoms with Crippen LogP contribution in [-0.2, 0) is 9.53 Å². The van der Waals surface area contributed by atoms with E-state index < -0.39 is 0 Å². The first-order chi connectivity index (χ1) is 11.7. The van der Waals surface area contributed by atoms with Crippen LogP contribution in [0.15, 0.2) is 53.4 Å². The number of amides is 1. The second kappa shape index (κ2) is 8.26. The highest BCUT2D eigenvalue weighted by atomic mass is 35.5. The highest BCUT2D eigenvalue weighted by Crippen LogP contribution is 2.43. The van der Waals surface area contributed by atoms with E-state index in [9.17, 15) is 4.79 Å². The maximum atomic E-state index is 13.1. The van der Waals surface area contributed by atoms with Crippen molar-refractivity contribution in [3.05, 3.63) is 64.1 Å². The van der Waals surface area contributed by atoms with Crippen LogP contribution in [0.3, 0.4) is 0 Å². The molecule has 0 aliphatic carbocycles. The van der Waals surface area contributed by atoms with Crippen molar-refractivity contribution in [1.82, 2.24) is 4.90 Å². The molecule has 1 saturated heterocycles. The van der Waals surface area contributed by atoms with Crippen molar-refractivity contribution in [3.8, 4) is 0 Å². The van der Waals surface area contributed by atoms with E-state index in [0.717, 1.165) is 10.5 Å². The van der Waals surface area contributed by atoms with Gasteiger partial charge in [-0.25, -0.2) is 0 Å². The molecule has 126 valence electrons. The van der Waals surface area contributed by atoms with Crippen LogP contribution in [0.25, 0.3) is 0 Å². The molecule has 3 nitrogen and oxygen atoms in total. The van der Waals surface area contributed by atoms with Crippen molar-refractivity contribution < 1.29 is 9.53 Å². The zero-order valence-corrected chi connectivity index (χ0v) is 15.3. The van der Waals surface area contributed by atoms with E-state index in [-0.39, 0.29) is 11.2 Å². The van der Waals surface area contributed by atoms with Gasteiger partial charge in [-0.2, -0.15) is 0 Å². The number of carbonyl (C=O) groups excluding carboxylic acids is 1. The van der Waals surface area contributed by atoms with Crippen molar-refractivity contribution in [2.45, 2.75) is 10.1 Å². The molecule has 1 fully saturated rings. The van der Waals surface area contributed by atoms with Gasteiger partial charge in [0.05, 0.1) is 23.3 Å². The van der Waals surface area contributed by atoms with Crippen molar-refractivity contribution >= 4 is 40.9 Å². The molecule has 0 bridgehead atoms. The first-order valence-corrected chi connectivity index (χ1v) is 9.32. The number of ether oxygens (including phenoxy) is 1. The van der Waals surface area contributed by atoms with Gasteiger partial charge in [-0.3, -0.25) is 4.79 Å². The van der Waals surface area contributed by atoms with E-state index >= 15 is 0 Å². The number of hydrogen-bond acceptors (Lipinski definition) is 3. The molecule has 1 heterocycles. The zero-order chi connectivity index (χ0) is 16.9. The van der Waals surface area contributed by atoms with Crippen LogP contribution < -0.4 is 0 Å². The van der Waals surface area contributed by atoms with Gasteiger partial charge in [0.15, 0.2) is 0 Å². The fourth-order valence-corrected chi connectivity index (χ4v) is 4.36. The number of thioether (sulfide) groups is 1. The average molecular weight is 382 g/mol. The Morgan fingerprint density at radius 1 is 1.00 bits per heavy atom. The molecular formula is C18H17Cl2NO2S. The summed E-state index contributed by atoms with van der Waals surface area (Å²) in [5.41, 5.74) is 0.940. The highest BCUT2D eigenvalue weighted by Gasteiger charge is 2.29. The lowest BCUT2D eigenvalue weighted by Gasteiger charge is -2.30. The smallest absolute Gasteiger partial charge is 0.240 e. The van der Waals surface area contributed by atoms with E-state index in [1.54, 1.807) is 18.2 Å². The molecule has 0 saturated carbocycles. The molecule has 24 heavy (non-hydrogen) atoms. The lowest BCUT2D eigenvalue weighted by Crippen LogP contribution is -2.42. The predicted molar refractivity (Wildman–Crippen MR) is 98.9 cm³/mol. The van der Waals surface area contributed by atoms with Crippen molar-refractivity contribution in [1.29, 1.82) is 0 Å². The van der Waals surface area contributed by atoms with Crippen molar-refractivity contribution in [2.75, 3.05) is 26.3 Å². The summed E-state index contributed by atoms with van der Waals surface area (Å²) in [6.07, 6.45) is 0. The van der Waals surface area contributed by atoms with Gasteiger partial charge in [0, 0.05) is 18.0 Å². The predicted octanol–water partition coefficient (Wildman–Crippen LogP) is 4.69. The fraction of sp³-hybridized carbons (Fsp3) is 0.278. The largest absolute Gasteiger partial charge is 0.378 e. The van der Waals surface area contributed by atoms with Gasteiger partial charge in [-0.1, -0.05) is 59.6 Å². The fourth-order valence-electron chi connectivity index (χ4n) is 2.55. The zero-order valence-electron chi connectivity index (χ0n) is 13.0. The average Bonchev–Trinajstić information content (AvgIpc) is 2.62. The summed E-state index contributed by atoms with van der Waals surface area (Å²) in [4.78, 5) is 15.7. The molecule has 0 spiro atoms. The minimum atomic E-state index is -0.387. The number of benzene rings is 2. The molecule has 1 atom stereocenters. The highest BCUT2D eigenvalue weighted by molar-refractivity contribution is 8.00. The summed E-state index contributed by atoms with van der Waals surface area (Å²) in [5, 5.41) is 0.730. The van der Waals surface area contributed by atoms with Crippen molar-refractivity contribution in [2.24, 2.45) is 0 Å². The molecule has 1 amide bonds. The molecule has 6 heteroatoms. The Balaban J connectivity index is 1.92. The summed E-state index contributed by atoms with van der Waals surface area (Å²) in [5.74, 6) is 0.0606. The van der Waals surface area contributed by atoms with Gasteiger partial charge in [0.1, 0.15) is 5.25 Å². The number of rotatable bonds is 4. The Morgan fingerprint density at radius 2 is 1.62 bits per heavy atom. The van der Waals surface area contributed by atoms with E-state index in [1.807, 2.05) is 35.2 Å². The molecule has 2 aromatic carbocycles. The van der Waals surface area contributed by atoms with E-state index in [1.165, 1.54) is 11.8 Å². The van der Waals surface area contributed by atoms with Crippen LogP contribution in [0.5, 0.6) is 0 Å². The topological polar surface area (TPSA) is 29.5 Å². The quantitative estimate of drug-likeness (QED) is 0.719. The maximum Gasteiger partial charge on any atom is 0.240 e. The molecule has 0 radical (unpaired) electrons. The van der Waals surface area contributed by atoms with Gasteiger partial charge < -0.3 is 9.64 Å². The van der Waals surface area contributed by atoms with Gasteiger partial charge in [-0.15, -0.1) is 11.8 Å². The van der Waals surface area contributed by atoms with Crippen LogP contribution in [0.2, 0.25) is 10.0 Å². The molecule has 0 aromatic heterocycles. The molecular weight excluding hydrogens is 365 g/mol. The molecule has 2 aromatic rings. The number of nitrogens with zero attached hydrogens (tertiary/aromatic N) is 1. The molecule has 0 N–H and O–H groups in total.